The molecule has 2 aliphatic rings. The van der Waals surface area contributed by atoms with Crippen molar-refractivity contribution in [1.29, 1.82) is 0 Å². The Balaban J connectivity index is 2.17. The van der Waals surface area contributed by atoms with Gasteiger partial charge in [-0.25, -0.2) is 0 Å². The Labute approximate surface area is 107 Å². The zero-order chi connectivity index (χ0) is 12.5. The molecule has 2 atom stereocenters. The lowest BCUT2D eigenvalue weighted by Gasteiger charge is -2.46. The van der Waals surface area contributed by atoms with E-state index in [1.807, 2.05) is 0 Å². The summed E-state index contributed by atoms with van der Waals surface area (Å²) in [5, 5.41) is 0. The van der Waals surface area contributed by atoms with Crippen molar-refractivity contribution in [2.75, 3.05) is 13.1 Å². The SMILES string of the molecule is CCC1CCCC1(CN)N(CC(C)C)C1CC1. The first kappa shape index (κ1) is 13.4. The predicted octanol–water partition coefficient (Wildman–Crippen LogP) is 3.01. The minimum atomic E-state index is 0.347. The highest BCUT2D eigenvalue weighted by Gasteiger charge is 2.49. The second kappa shape index (κ2) is 5.27. The quantitative estimate of drug-likeness (QED) is 0.771. The van der Waals surface area contributed by atoms with Crippen molar-refractivity contribution in [2.24, 2.45) is 17.6 Å². The van der Waals surface area contributed by atoms with Gasteiger partial charge in [0.1, 0.15) is 0 Å². The molecule has 0 aromatic carbocycles. The molecule has 2 N–H and O–H groups in total. The molecule has 2 unspecified atom stereocenters. The highest BCUT2D eigenvalue weighted by Crippen LogP contribution is 2.46. The Hall–Kier alpha value is -0.0800. The molecule has 17 heavy (non-hydrogen) atoms. The molecule has 2 nitrogen and oxygen atoms in total. The van der Waals surface area contributed by atoms with E-state index in [1.165, 1.54) is 45.1 Å². The van der Waals surface area contributed by atoms with Crippen molar-refractivity contribution in [3.05, 3.63) is 0 Å². The Morgan fingerprint density at radius 1 is 1.29 bits per heavy atom. The molecule has 0 radical (unpaired) electrons. The molecule has 0 aromatic rings. The minimum Gasteiger partial charge on any atom is -0.329 e. The molecular weight excluding hydrogens is 208 g/mol. The van der Waals surface area contributed by atoms with Crippen LogP contribution in [-0.2, 0) is 0 Å². The molecule has 0 amide bonds. The van der Waals surface area contributed by atoms with Crippen LogP contribution in [0.15, 0.2) is 0 Å². The first-order chi connectivity index (χ1) is 8.14. The van der Waals surface area contributed by atoms with E-state index in [0.29, 0.717) is 5.54 Å². The molecule has 0 aromatic heterocycles. The normalized spacial score (nSPS) is 33.9. The van der Waals surface area contributed by atoms with Crippen LogP contribution >= 0.6 is 0 Å². The first-order valence-electron chi connectivity index (χ1n) is 7.61. The third-order valence-corrected chi connectivity index (χ3v) is 4.89. The van der Waals surface area contributed by atoms with E-state index < -0.39 is 0 Å². The van der Waals surface area contributed by atoms with E-state index in [4.69, 9.17) is 5.73 Å². The van der Waals surface area contributed by atoms with Gasteiger partial charge in [0.25, 0.3) is 0 Å². The van der Waals surface area contributed by atoms with Crippen molar-refractivity contribution >= 4 is 0 Å². The maximum absolute atomic E-state index is 6.24. The van der Waals surface area contributed by atoms with E-state index in [1.54, 1.807) is 0 Å². The zero-order valence-electron chi connectivity index (χ0n) is 11.9. The number of hydrogen-bond acceptors (Lipinski definition) is 2. The maximum atomic E-state index is 6.24. The number of rotatable bonds is 6. The minimum absolute atomic E-state index is 0.347. The van der Waals surface area contributed by atoms with Gasteiger partial charge in [0.15, 0.2) is 0 Å². The zero-order valence-corrected chi connectivity index (χ0v) is 11.9. The predicted molar refractivity (Wildman–Crippen MR) is 74.0 cm³/mol. The Bertz CT molecular complexity index is 247. The summed E-state index contributed by atoms with van der Waals surface area (Å²) in [4.78, 5) is 2.82. The van der Waals surface area contributed by atoms with Crippen LogP contribution in [0.1, 0.15) is 59.3 Å². The lowest BCUT2D eigenvalue weighted by atomic mass is 9.82. The summed E-state index contributed by atoms with van der Waals surface area (Å²) in [5.41, 5.74) is 6.58. The Kier molecular flexibility index (Phi) is 4.14. The van der Waals surface area contributed by atoms with Crippen molar-refractivity contribution < 1.29 is 0 Å². The third-order valence-electron chi connectivity index (χ3n) is 4.89. The monoisotopic (exact) mass is 238 g/mol. The fourth-order valence-electron chi connectivity index (χ4n) is 3.95. The second-order valence-corrected chi connectivity index (χ2v) is 6.58. The molecule has 2 aliphatic carbocycles. The molecule has 2 heteroatoms. The molecule has 100 valence electrons. The average molecular weight is 238 g/mol. The lowest BCUT2D eigenvalue weighted by Crippen LogP contribution is -2.58. The summed E-state index contributed by atoms with van der Waals surface area (Å²) < 4.78 is 0. The fourth-order valence-corrected chi connectivity index (χ4v) is 3.95. The highest BCUT2D eigenvalue weighted by atomic mass is 15.3. The molecular formula is C15H30N2. The van der Waals surface area contributed by atoms with Gasteiger partial charge in [-0.1, -0.05) is 33.6 Å². The molecule has 2 saturated carbocycles. The smallest absolute Gasteiger partial charge is 0.0362 e. The van der Waals surface area contributed by atoms with E-state index in [9.17, 15) is 0 Å². The van der Waals surface area contributed by atoms with Crippen LogP contribution in [-0.4, -0.2) is 29.6 Å². The standard InChI is InChI=1S/C15H30N2/c1-4-13-6-5-9-15(13,11-16)17(10-12(2)3)14-7-8-14/h12-14H,4-11,16H2,1-3H3. The van der Waals surface area contributed by atoms with Crippen LogP contribution in [0.3, 0.4) is 0 Å². The van der Waals surface area contributed by atoms with Gasteiger partial charge in [0.05, 0.1) is 0 Å². The van der Waals surface area contributed by atoms with Gasteiger partial charge in [0.2, 0.25) is 0 Å². The summed E-state index contributed by atoms with van der Waals surface area (Å²) >= 11 is 0. The third kappa shape index (κ3) is 2.53. The summed E-state index contributed by atoms with van der Waals surface area (Å²) in [6, 6.07) is 0.855. The molecule has 2 rings (SSSR count). The van der Waals surface area contributed by atoms with E-state index in [-0.39, 0.29) is 0 Å². The van der Waals surface area contributed by atoms with Gasteiger partial charge in [-0.2, -0.15) is 0 Å². The molecule has 0 heterocycles. The fraction of sp³-hybridized carbons (Fsp3) is 1.00. The Morgan fingerprint density at radius 3 is 2.47 bits per heavy atom. The lowest BCUT2D eigenvalue weighted by molar-refractivity contribution is 0.0371. The van der Waals surface area contributed by atoms with Crippen LogP contribution in [0, 0.1) is 11.8 Å². The van der Waals surface area contributed by atoms with E-state index in [0.717, 1.165) is 24.4 Å². The molecule has 0 bridgehead atoms. The Morgan fingerprint density at radius 2 is 2.00 bits per heavy atom. The number of nitrogens with two attached hydrogens (primary N) is 1. The molecule has 0 spiro atoms. The largest absolute Gasteiger partial charge is 0.329 e. The summed E-state index contributed by atoms with van der Waals surface area (Å²) in [5.74, 6) is 1.60. The van der Waals surface area contributed by atoms with Gasteiger partial charge in [-0.05, 0) is 37.5 Å². The molecule has 0 saturated heterocycles. The number of nitrogens with zero attached hydrogens (tertiary/aromatic N) is 1. The van der Waals surface area contributed by atoms with Crippen LogP contribution in [0.25, 0.3) is 0 Å². The van der Waals surface area contributed by atoms with Gasteiger partial charge in [-0.15, -0.1) is 0 Å². The van der Waals surface area contributed by atoms with Gasteiger partial charge in [-0.3, -0.25) is 4.90 Å². The van der Waals surface area contributed by atoms with Crippen LogP contribution in [0.4, 0.5) is 0 Å². The maximum Gasteiger partial charge on any atom is 0.0362 e. The van der Waals surface area contributed by atoms with Gasteiger partial charge in [0, 0.05) is 24.7 Å². The topological polar surface area (TPSA) is 29.3 Å². The summed E-state index contributed by atoms with van der Waals surface area (Å²) in [6.07, 6.45) is 8.24. The molecule has 0 aliphatic heterocycles. The van der Waals surface area contributed by atoms with Crippen molar-refractivity contribution in [3.63, 3.8) is 0 Å². The van der Waals surface area contributed by atoms with E-state index >= 15 is 0 Å². The van der Waals surface area contributed by atoms with Crippen molar-refractivity contribution in [2.45, 2.75) is 70.9 Å². The highest BCUT2D eigenvalue weighted by molar-refractivity contribution is 5.05. The van der Waals surface area contributed by atoms with Crippen LogP contribution < -0.4 is 5.73 Å². The van der Waals surface area contributed by atoms with Gasteiger partial charge >= 0.3 is 0 Å². The number of hydrogen-bond donors (Lipinski definition) is 1. The summed E-state index contributed by atoms with van der Waals surface area (Å²) in [7, 11) is 0. The summed E-state index contributed by atoms with van der Waals surface area (Å²) in [6.45, 7) is 9.15. The molecule has 2 fully saturated rings. The van der Waals surface area contributed by atoms with Gasteiger partial charge < -0.3 is 5.73 Å². The van der Waals surface area contributed by atoms with Crippen LogP contribution in [0.5, 0.6) is 0 Å². The van der Waals surface area contributed by atoms with Crippen molar-refractivity contribution in [1.82, 2.24) is 4.90 Å². The first-order valence-corrected chi connectivity index (χ1v) is 7.61. The van der Waals surface area contributed by atoms with E-state index in [2.05, 4.69) is 25.7 Å². The second-order valence-electron chi connectivity index (χ2n) is 6.58. The van der Waals surface area contributed by atoms with Crippen molar-refractivity contribution in [3.8, 4) is 0 Å². The average Bonchev–Trinajstić information content (AvgIpc) is 3.05. The van der Waals surface area contributed by atoms with Crippen LogP contribution in [0.2, 0.25) is 0 Å².